The van der Waals surface area contributed by atoms with Crippen molar-refractivity contribution in [3.05, 3.63) is 24.0 Å². The molecular weight excluding hydrogens is 232 g/mol. The molecule has 2 nitrogen and oxygen atoms in total. The number of pyridine rings is 1. The van der Waals surface area contributed by atoms with Crippen LogP contribution in [-0.4, -0.2) is 18.1 Å². The summed E-state index contributed by atoms with van der Waals surface area (Å²) in [7, 11) is 0. The first kappa shape index (κ1) is 12.7. The fraction of sp³-hybridized carbons (Fsp3) is 0.643. The molecule has 1 aliphatic heterocycles. The predicted octanol–water partition coefficient (Wildman–Crippen LogP) is 3.69. The van der Waals surface area contributed by atoms with Gasteiger partial charge in [0.05, 0.1) is 5.88 Å². The quantitative estimate of drug-likeness (QED) is 0.763. The molecule has 0 radical (unpaired) electrons. The average molecular weight is 253 g/mol. The van der Waals surface area contributed by atoms with Crippen LogP contribution in [0.15, 0.2) is 18.5 Å². The van der Waals surface area contributed by atoms with Gasteiger partial charge in [-0.2, -0.15) is 0 Å². The Morgan fingerprint density at radius 2 is 2.12 bits per heavy atom. The Morgan fingerprint density at radius 1 is 1.41 bits per heavy atom. The number of piperidine rings is 1. The zero-order valence-corrected chi connectivity index (χ0v) is 11.5. The zero-order chi connectivity index (χ0) is 12.3. The Morgan fingerprint density at radius 3 is 2.71 bits per heavy atom. The van der Waals surface area contributed by atoms with Crippen LogP contribution in [0.3, 0.4) is 0 Å². The van der Waals surface area contributed by atoms with E-state index in [4.69, 9.17) is 11.6 Å². The number of halogens is 1. The van der Waals surface area contributed by atoms with E-state index in [1.165, 1.54) is 18.5 Å². The molecule has 1 aromatic heterocycles. The molecule has 0 atom stereocenters. The molecule has 0 bridgehead atoms. The van der Waals surface area contributed by atoms with E-state index in [9.17, 15) is 0 Å². The monoisotopic (exact) mass is 252 g/mol. The molecule has 0 N–H and O–H groups in total. The molecule has 1 aliphatic rings. The second kappa shape index (κ2) is 5.72. The number of hydrogen-bond donors (Lipinski definition) is 0. The molecule has 1 aromatic rings. The van der Waals surface area contributed by atoms with E-state index in [0.717, 1.165) is 30.5 Å². The summed E-state index contributed by atoms with van der Waals surface area (Å²) in [6.45, 7) is 6.96. The van der Waals surface area contributed by atoms with Crippen molar-refractivity contribution in [1.82, 2.24) is 4.98 Å². The number of aromatic nitrogens is 1. The molecule has 2 rings (SSSR count). The van der Waals surface area contributed by atoms with Crippen LogP contribution in [0.4, 0.5) is 5.69 Å². The minimum Gasteiger partial charge on any atom is -0.371 e. The van der Waals surface area contributed by atoms with Gasteiger partial charge in [-0.15, -0.1) is 11.6 Å². The van der Waals surface area contributed by atoms with Crippen LogP contribution >= 0.6 is 11.6 Å². The Bertz CT molecular complexity index is 357. The number of rotatable bonds is 3. The highest BCUT2D eigenvalue weighted by Crippen LogP contribution is 2.29. The van der Waals surface area contributed by atoms with Crippen molar-refractivity contribution in [2.75, 3.05) is 18.0 Å². The normalized spacial score (nSPS) is 17.8. The minimum atomic E-state index is 0.549. The maximum Gasteiger partial charge on any atom is 0.0509 e. The molecule has 0 saturated carbocycles. The molecular formula is C14H21ClN2. The Balaban J connectivity index is 2.05. The molecule has 94 valence electrons. The van der Waals surface area contributed by atoms with Crippen molar-refractivity contribution in [2.45, 2.75) is 32.6 Å². The second-order valence-electron chi connectivity index (χ2n) is 5.21. The van der Waals surface area contributed by atoms with Gasteiger partial charge in [0.1, 0.15) is 0 Å². The molecule has 17 heavy (non-hydrogen) atoms. The minimum absolute atomic E-state index is 0.549. The third kappa shape index (κ3) is 2.92. The van der Waals surface area contributed by atoms with Crippen molar-refractivity contribution in [2.24, 2.45) is 11.8 Å². The van der Waals surface area contributed by atoms with Gasteiger partial charge in [-0.25, -0.2) is 0 Å². The molecule has 2 heterocycles. The third-order valence-corrected chi connectivity index (χ3v) is 4.13. The van der Waals surface area contributed by atoms with E-state index >= 15 is 0 Å². The van der Waals surface area contributed by atoms with E-state index in [1.807, 2.05) is 12.4 Å². The summed E-state index contributed by atoms with van der Waals surface area (Å²) in [4.78, 5) is 6.60. The number of nitrogens with zero attached hydrogens (tertiary/aromatic N) is 2. The Hall–Kier alpha value is -0.760. The smallest absolute Gasteiger partial charge is 0.0509 e. The molecule has 0 spiro atoms. The number of anilines is 1. The lowest BCUT2D eigenvalue weighted by atomic mass is 9.86. The van der Waals surface area contributed by atoms with Gasteiger partial charge in [0.15, 0.2) is 0 Å². The van der Waals surface area contributed by atoms with Crippen LogP contribution < -0.4 is 4.90 Å². The average Bonchev–Trinajstić information content (AvgIpc) is 2.39. The van der Waals surface area contributed by atoms with E-state index < -0.39 is 0 Å². The molecule has 0 unspecified atom stereocenters. The largest absolute Gasteiger partial charge is 0.371 e. The molecule has 0 amide bonds. The molecule has 1 fully saturated rings. The highest BCUT2D eigenvalue weighted by Gasteiger charge is 2.22. The van der Waals surface area contributed by atoms with Gasteiger partial charge in [0, 0.05) is 36.7 Å². The zero-order valence-electron chi connectivity index (χ0n) is 10.7. The van der Waals surface area contributed by atoms with Gasteiger partial charge in [-0.05, 0) is 30.7 Å². The van der Waals surface area contributed by atoms with Crippen LogP contribution in [0.5, 0.6) is 0 Å². The molecule has 0 aromatic carbocycles. The van der Waals surface area contributed by atoms with Gasteiger partial charge in [0.2, 0.25) is 0 Å². The van der Waals surface area contributed by atoms with Crippen LogP contribution in [0.2, 0.25) is 0 Å². The van der Waals surface area contributed by atoms with E-state index in [-0.39, 0.29) is 0 Å². The van der Waals surface area contributed by atoms with Crippen molar-refractivity contribution in [3.8, 4) is 0 Å². The van der Waals surface area contributed by atoms with Crippen molar-refractivity contribution < 1.29 is 0 Å². The van der Waals surface area contributed by atoms with Gasteiger partial charge in [-0.3, -0.25) is 4.98 Å². The summed E-state index contributed by atoms with van der Waals surface area (Å²) in [5.41, 5.74) is 2.43. The fourth-order valence-electron chi connectivity index (χ4n) is 2.64. The Kier molecular flexibility index (Phi) is 4.27. The van der Waals surface area contributed by atoms with Gasteiger partial charge in [-0.1, -0.05) is 13.8 Å². The van der Waals surface area contributed by atoms with Crippen LogP contribution in [0, 0.1) is 11.8 Å². The Labute approximate surface area is 109 Å². The first-order chi connectivity index (χ1) is 8.22. The number of alkyl halides is 1. The van der Waals surface area contributed by atoms with E-state index in [0.29, 0.717) is 5.88 Å². The highest BCUT2D eigenvalue weighted by molar-refractivity contribution is 6.17. The predicted molar refractivity (Wildman–Crippen MR) is 73.6 cm³/mol. The fourth-order valence-corrected chi connectivity index (χ4v) is 2.84. The number of hydrogen-bond acceptors (Lipinski definition) is 2. The van der Waals surface area contributed by atoms with Gasteiger partial charge in [0.25, 0.3) is 0 Å². The maximum atomic E-state index is 5.96. The van der Waals surface area contributed by atoms with Gasteiger partial charge >= 0.3 is 0 Å². The lowest BCUT2D eigenvalue weighted by Gasteiger charge is -2.36. The topological polar surface area (TPSA) is 16.1 Å². The summed E-state index contributed by atoms with van der Waals surface area (Å²) in [5, 5.41) is 0. The standard InChI is InChI=1S/C14H21ClN2/c1-11(2)12-4-7-17(8-5-12)14-3-6-16-10-13(14)9-15/h3,6,10-12H,4-5,7-9H2,1-2H3. The SMILES string of the molecule is CC(C)C1CCN(c2ccncc2CCl)CC1. The third-order valence-electron chi connectivity index (χ3n) is 3.84. The lowest BCUT2D eigenvalue weighted by molar-refractivity contribution is 0.311. The van der Waals surface area contributed by atoms with Gasteiger partial charge < -0.3 is 4.90 Å². The second-order valence-corrected chi connectivity index (χ2v) is 5.47. The molecule has 1 saturated heterocycles. The van der Waals surface area contributed by atoms with Crippen molar-refractivity contribution in [1.29, 1.82) is 0 Å². The van der Waals surface area contributed by atoms with E-state index in [2.05, 4.69) is 29.8 Å². The molecule has 3 heteroatoms. The highest BCUT2D eigenvalue weighted by atomic mass is 35.5. The summed E-state index contributed by atoms with van der Waals surface area (Å²) in [5.74, 6) is 2.24. The van der Waals surface area contributed by atoms with Crippen LogP contribution in [-0.2, 0) is 5.88 Å². The summed E-state index contributed by atoms with van der Waals surface area (Å²) in [6.07, 6.45) is 6.33. The summed E-state index contributed by atoms with van der Waals surface area (Å²) in [6, 6.07) is 2.09. The van der Waals surface area contributed by atoms with Crippen LogP contribution in [0.25, 0.3) is 0 Å². The summed E-state index contributed by atoms with van der Waals surface area (Å²) < 4.78 is 0. The van der Waals surface area contributed by atoms with Crippen molar-refractivity contribution >= 4 is 17.3 Å². The summed E-state index contributed by atoms with van der Waals surface area (Å²) >= 11 is 5.96. The first-order valence-electron chi connectivity index (χ1n) is 6.46. The first-order valence-corrected chi connectivity index (χ1v) is 6.99. The molecule has 0 aliphatic carbocycles. The van der Waals surface area contributed by atoms with Crippen LogP contribution in [0.1, 0.15) is 32.3 Å². The van der Waals surface area contributed by atoms with E-state index in [1.54, 1.807) is 0 Å². The van der Waals surface area contributed by atoms with Crippen molar-refractivity contribution in [3.63, 3.8) is 0 Å². The lowest BCUT2D eigenvalue weighted by Crippen LogP contribution is -2.35. The maximum absolute atomic E-state index is 5.96.